The standard InChI is InChI=1S/C20H27N3O2/c1-12-8-19(24-4)13(2)7-17(12)20-22-18(14(3)25-20)11-23-15-5-6-16(23)10-21-9-15/h7-8,15-16,21H,5-6,9-11H2,1-4H3/t15-,16+. The minimum atomic E-state index is 0.642. The summed E-state index contributed by atoms with van der Waals surface area (Å²) in [4.78, 5) is 7.47. The Morgan fingerprint density at radius 1 is 1.16 bits per heavy atom. The van der Waals surface area contributed by atoms with E-state index >= 15 is 0 Å². The highest BCUT2D eigenvalue weighted by Crippen LogP contribution is 2.33. The molecule has 0 spiro atoms. The predicted octanol–water partition coefficient (Wildman–Crippen LogP) is 3.21. The van der Waals surface area contributed by atoms with Crippen molar-refractivity contribution in [3.05, 3.63) is 34.7 Å². The Labute approximate surface area is 149 Å². The first-order valence-electron chi connectivity index (χ1n) is 9.15. The number of nitrogens with zero attached hydrogens (tertiary/aromatic N) is 2. The summed E-state index contributed by atoms with van der Waals surface area (Å²) in [5.41, 5.74) is 4.34. The molecule has 134 valence electrons. The number of aromatic nitrogens is 1. The van der Waals surface area contributed by atoms with Crippen LogP contribution in [0.4, 0.5) is 0 Å². The molecule has 1 N–H and O–H groups in total. The summed E-state index contributed by atoms with van der Waals surface area (Å²) in [6, 6.07) is 5.45. The Balaban J connectivity index is 1.62. The van der Waals surface area contributed by atoms with Crippen molar-refractivity contribution in [3.8, 4) is 17.2 Å². The molecule has 0 amide bonds. The first-order chi connectivity index (χ1) is 12.1. The van der Waals surface area contributed by atoms with Crippen LogP contribution in [0.25, 0.3) is 11.5 Å². The van der Waals surface area contributed by atoms with Gasteiger partial charge in [-0.25, -0.2) is 4.98 Å². The van der Waals surface area contributed by atoms with Crippen LogP contribution in [0.2, 0.25) is 0 Å². The van der Waals surface area contributed by atoms with Crippen molar-refractivity contribution < 1.29 is 9.15 Å². The number of nitrogens with one attached hydrogen (secondary N) is 1. The smallest absolute Gasteiger partial charge is 0.226 e. The summed E-state index contributed by atoms with van der Waals surface area (Å²) in [5, 5.41) is 3.54. The van der Waals surface area contributed by atoms with Crippen molar-refractivity contribution in [3.63, 3.8) is 0 Å². The maximum absolute atomic E-state index is 6.05. The number of ether oxygens (including phenoxy) is 1. The molecule has 25 heavy (non-hydrogen) atoms. The van der Waals surface area contributed by atoms with Gasteiger partial charge in [0, 0.05) is 37.3 Å². The quantitative estimate of drug-likeness (QED) is 0.925. The van der Waals surface area contributed by atoms with E-state index in [4.69, 9.17) is 14.1 Å². The molecule has 2 aliphatic rings. The summed E-state index contributed by atoms with van der Waals surface area (Å²) in [7, 11) is 1.70. The lowest BCUT2D eigenvalue weighted by Gasteiger charge is -2.34. The molecule has 2 bridgehead atoms. The first kappa shape index (κ1) is 16.6. The van der Waals surface area contributed by atoms with Crippen molar-refractivity contribution in [2.75, 3.05) is 20.2 Å². The van der Waals surface area contributed by atoms with Crippen LogP contribution in [0.5, 0.6) is 5.75 Å². The van der Waals surface area contributed by atoms with Gasteiger partial charge in [0.2, 0.25) is 5.89 Å². The molecular formula is C20H27N3O2. The minimum Gasteiger partial charge on any atom is -0.496 e. The second-order valence-corrected chi connectivity index (χ2v) is 7.37. The molecule has 5 nitrogen and oxygen atoms in total. The van der Waals surface area contributed by atoms with Gasteiger partial charge >= 0.3 is 0 Å². The summed E-state index contributed by atoms with van der Waals surface area (Å²) in [6.07, 6.45) is 2.58. The summed E-state index contributed by atoms with van der Waals surface area (Å²) in [6.45, 7) is 9.24. The maximum atomic E-state index is 6.05. The Hall–Kier alpha value is -1.85. The van der Waals surface area contributed by atoms with Gasteiger partial charge in [-0.05, 0) is 56.9 Å². The normalized spacial score (nSPS) is 23.2. The fraction of sp³-hybridized carbons (Fsp3) is 0.550. The SMILES string of the molecule is COc1cc(C)c(-c2nc(CN3[C@@H]4CC[C@H]3CNC4)c(C)o2)cc1C. The van der Waals surface area contributed by atoms with E-state index in [2.05, 4.69) is 36.2 Å². The number of piperazine rings is 1. The van der Waals surface area contributed by atoms with Crippen LogP contribution in [0.3, 0.4) is 0 Å². The Bertz CT molecular complexity index is 767. The highest BCUT2D eigenvalue weighted by atomic mass is 16.5. The number of rotatable bonds is 4. The summed E-state index contributed by atoms with van der Waals surface area (Å²) >= 11 is 0. The van der Waals surface area contributed by atoms with E-state index in [1.54, 1.807) is 7.11 Å². The van der Waals surface area contributed by atoms with Gasteiger partial charge in [0.1, 0.15) is 11.5 Å². The number of benzene rings is 1. The average molecular weight is 341 g/mol. The van der Waals surface area contributed by atoms with Gasteiger partial charge in [-0.15, -0.1) is 0 Å². The predicted molar refractivity (Wildman–Crippen MR) is 97.9 cm³/mol. The monoisotopic (exact) mass is 341 g/mol. The molecule has 1 aromatic carbocycles. The largest absolute Gasteiger partial charge is 0.496 e. The third kappa shape index (κ3) is 2.96. The molecule has 0 aliphatic carbocycles. The van der Waals surface area contributed by atoms with Crippen LogP contribution in [0, 0.1) is 20.8 Å². The second-order valence-electron chi connectivity index (χ2n) is 7.37. The molecule has 5 heteroatoms. The lowest BCUT2D eigenvalue weighted by atomic mass is 10.0. The van der Waals surface area contributed by atoms with Crippen molar-refractivity contribution in [2.24, 2.45) is 0 Å². The van der Waals surface area contributed by atoms with Gasteiger partial charge in [0.15, 0.2) is 0 Å². The number of oxazole rings is 1. The van der Waals surface area contributed by atoms with Crippen LogP contribution < -0.4 is 10.1 Å². The fourth-order valence-corrected chi connectivity index (χ4v) is 4.23. The number of hydrogen-bond acceptors (Lipinski definition) is 5. The molecule has 0 radical (unpaired) electrons. The van der Waals surface area contributed by atoms with Crippen molar-refractivity contribution >= 4 is 0 Å². The molecule has 2 aromatic rings. The number of aryl methyl sites for hydroxylation is 3. The van der Waals surface area contributed by atoms with E-state index in [-0.39, 0.29) is 0 Å². The first-order valence-corrected chi connectivity index (χ1v) is 9.15. The zero-order chi connectivity index (χ0) is 17.6. The molecule has 3 heterocycles. The van der Waals surface area contributed by atoms with E-state index in [9.17, 15) is 0 Å². The van der Waals surface area contributed by atoms with Crippen LogP contribution in [-0.2, 0) is 6.54 Å². The summed E-state index contributed by atoms with van der Waals surface area (Å²) in [5.74, 6) is 2.56. The van der Waals surface area contributed by atoms with Crippen LogP contribution in [0.15, 0.2) is 16.5 Å². The second kappa shape index (κ2) is 6.46. The van der Waals surface area contributed by atoms with E-state index in [0.717, 1.165) is 59.4 Å². The summed E-state index contributed by atoms with van der Waals surface area (Å²) < 4.78 is 11.5. The number of fused-ring (bicyclic) bond motifs is 2. The molecule has 4 rings (SSSR count). The van der Waals surface area contributed by atoms with Crippen molar-refractivity contribution in [2.45, 2.75) is 52.2 Å². The van der Waals surface area contributed by atoms with Crippen LogP contribution in [-0.4, -0.2) is 42.2 Å². The van der Waals surface area contributed by atoms with E-state index in [1.165, 1.54) is 12.8 Å². The fourth-order valence-electron chi connectivity index (χ4n) is 4.23. The third-order valence-electron chi connectivity index (χ3n) is 5.73. The lowest BCUT2D eigenvalue weighted by molar-refractivity contribution is 0.143. The van der Waals surface area contributed by atoms with Crippen molar-refractivity contribution in [1.82, 2.24) is 15.2 Å². The van der Waals surface area contributed by atoms with Crippen LogP contribution in [0.1, 0.15) is 35.4 Å². The number of methoxy groups -OCH3 is 1. The van der Waals surface area contributed by atoms with E-state index in [1.807, 2.05) is 6.92 Å². The van der Waals surface area contributed by atoms with Gasteiger partial charge < -0.3 is 14.5 Å². The topological polar surface area (TPSA) is 50.5 Å². The van der Waals surface area contributed by atoms with Gasteiger partial charge in [-0.2, -0.15) is 0 Å². The Kier molecular flexibility index (Phi) is 4.29. The van der Waals surface area contributed by atoms with Gasteiger partial charge in [-0.1, -0.05) is 0 Å². The minimum absolute atomic E-state index is 0.642. The zero-order valence-corrected chi connectivity index (χ0v) is 15.6. The molecule has 0 unspecified atom stereocenters. The van der Waals surface area contributed by atoms with Crippen molar-refractivity contribution in [1.29, 1.82) is 0 Å². The van der Waals surface area contributed by atoms with Gasteiger partial charge in [0.05, 0.1) is 12.8 Å². The van der Waals surface area contributed by atoms with E-state index < -0.39 is 0 Å². The Morgan fingerprint density at radius 2 is 1.88 bits per heavy atom. The van der Waals surface area contributed by atoms with Crippen LogP contribution >= 0.6 is 0 Å². The third-order valence-corrected chi connectivity index (χ3v) is 5.73. The lowest BCUT2D eigenvalue weighted by Crippen LogP contribution is -2.51. The van der Waals surface area contributed by atoms with Gasteiger partial charge in [0.25, 0.3) is 0 Å². The Morgan fingerprint density at radius 3 is 2.56 bits per heavy atom. The highest BCUT2D eigenvalue weighted by Gasteiger charge is 2.37. The molecule has 2 saturated heterocycles. The zero-order valence-electron chi connectivity index (χ0n) is 15.6. The average Bonchev–Trinajstić information content (AvgIpc) is 3.04. The molecule has 2 atom stereocenters. The number of hydrogen-bond donors (Lipinski definition) is 1. The molecule has 2 fully saturated rings. The molecular weight excluding hydrogens is 314 g/mol. The molecule has 0 saturated carbocycles. The van der Waals surface area contributed by atoms with E-state index in [0.29, 0.717) is 12.1 Å². The highest BCUT2D eigenvalue weighted by molar-refractivity contribution is 5.62. The molecule has 1 aromatic heterocycles. The maximum Gasteiger partial charge on any atom is 0.226 e. The molecule has 2 aliphatic heterocycles. The van der Waals surface area contributed by atoms with Gasteiger partial charge in [-0.3, -0.25) is 4.90 Å².